The highest BCUT2D eigenvalue weighted by atomic mass is 19.1. The molecule has 0 bridgehead atoms. The highest BCUT2D eigenvalue weighted by molar-refractivity contribution is 5.74. The van der Waals surface area contributed by atoms with Crippen molar-refractivity contribution >= 4 is 5.91 Å². The molecule has 0 saturated carbocycles. The number of aryl methyl sites for hydroxylation is 1. The number of fused-ring (bicyclic) bond motifs is 1. The lowest BCUT2D eigenvalue weighted by Gasteiger charge is -2.46. The maximum absolute atomic E-state index is 14.1. The standard InChI is InChI=1S/C21H24F2N2O.C2H7N/c1-14(18-13-17(22)10-11-20(18)23)24-25(15(2)26)21(3)12-6-8-16-7-4-5-9-19(16)21;1-2-3/h4-5,7,9-11,13-14,24H,6,8,12H2,1-3H3;2-3H2,1H3. The Morgan fingerprint density at radius 3 is 2.59 bits per heavy atom. The van der Waals surface area contributed by atoms with Crippen LogP contribution in [0, 0.1) is 11.6 Å². The van der Waals surface area contributed by atoms with Crippen molar-refractivity contribution in [3.8, 4) is 0 Å². The van der Waals surface area contributed by atoms with Gasteiger partial charge in [-0.05, 0) is 69.0 Å². The fourth-order valence-electron chi connectivity index (χ4n) is 3.94. The summed E-state index contributed by atoms with van der Waals surface area (Å²) in [6.07, 6.45) is 2.74. The lowest BCUT2D eigenvalue weighted by molar-refractivity contribution is -0.142. The molecule has 0 heterocycles. The number of carbonyl (C=O) groups excluding carboxylic acids is 1. The van der Waals surface area contributed by atoms with E-state index in [9.17, 15) is 13.6 Å². The topological polar surface area (TPSA) is 58.4 Å². The second-order valence-electron chi connectivity index (χ2n) is 7.56. The van der Waals surface area contributed by atoms with E-state index in [0.717, 1.165) is 43.5 Å². The summed E-state index contributed by atoms with van der Waals surface area (Å²) in [4.78, 5) is 12.5. The van der Waals surface area contributed by atoms with Gasteiger partial charge in [-0.25, -0.2) is 14.2 Å². The largest absolute Gasteiger partial charge is 0.331 e. The Bertz CT molecular complexity index is 843. The van der Waals surface area contributed by atoms with Crippen LogP contribution in [0.3, 0.4) is 0 Å². The molecule has 0 spiro atoms. The summed E-state index contributed by atoms with van der Waals surface area (Å²) in [5.41, 5.74) is 9.95. The molecule has 0 radical (unpaired) electrons. The highest BCUT2D eigenvalue weighted by Gasteiger charge is 2.40. The van der Waals surface area contributed by atoms with E-state index in [2.05, 4.69) is 11.5 Å². The van der Waals surface area contributed by atoms with E-state index < -0.39 is 23.2 Å². The molecule has 2 aromatic rings. The smallest absolute Gasteiger partial charge is 0.234 e. The van der Waals surface area contributed by atoms with Gasteiger partial charge < -0.3 is 5.73 Å². The first kappa shape index (κ1) is 23.0. The molecule has 1 aliphatic rings. The van der Waals surface area contributed by atoms with Gasteiger partial charge in [-0.1, -0.05) is 31.2 Å². The molecule has 158 valence electrons. The fourth-order valence-corrected chi connectivity index (χ4v) is 3.94. The van der Waals surface area contributed by atoms with E-state index in [1.807, 2.05) is 32.0 Å². The van der Waals surface area contributed by atoms with Gasteiger partial charge in [0.05, 0.1) is 11.6 Å². The number of nitrogens with zero attached hydrogens (tertiary/aromatic N) is 1. The number of halogens is 2. The molecule has 2 atom stereocenters. The molecule has 4 nitrogen and oxygen atoms in total. The van der Waals surface area contributed by atoms with Crippen LogP contribution in [-0.4, -0.2) is 17.5 Å². The van der Waals surface area contributed by atoms with Gasteiger partial charge in [0.1, 0.15) is 11.6 Å². The van der Waals surface area contributed by atoms with E-state index in [-0.39, 0.29) is 11.5 Å². The normalized spacial score (nSPS) is 18.9. The summed E-state index contributed by atoms with van der Waals surface area (Å²) >= 11 is 0. The minimum atomic E-state index is -0.555. The predicted molar refractivity (Wildman–Crippen MR) is 112 cm³/mol. The third kappa shape index (κ3) is 5.19. The summed E-state index contributed by atoms with van der Waals surface area (Å²) in [7, 11) is 0. The zero-order chi connectivity index (χ0) is 21.6. The second kappa shape index (κ2) is 9.94. The third-order valence-corrected chi connectivity index (χ3v) is 5.26. The number of rotatable bonds is 4. The Morgan fingerprint density at radius 2 is 1.93 bits per heavy atom. The minimum Gasteiger partial charge on any atom is -0.331 e. The maximum atomic E-state index is 14.1. The molecule has 2 aromatic carbocycles. The van der Waals surface area contributed by atoms with Crippen molar-refractivity contribution in [1.29, 1.82) is 0 Å². The number of hydrogen-bond donors (Lipinski definition) is 2. The van der Waals surface area contributed by atoms with Gasteiger partial charge in [-0.2, -0.15) is 0 Å². The Labute approximate surface area is 172 Å². The summed E-state index contributed by atoms with van der Waals surface area (Å²) in [6.45, 7) is 7.89. The number of amides is 1. The molecule has 0 fully saturated rings. The molecule has 1 amide bonds. The van der Waals surface area contributed by atoms with Crippen LogP contribution in [0.25, 0.3) is 0 Å². The minimum absolute atomic E-state index is 0.159. The Balaban J connectivity index is 0.000000941. The van der Waals surface area contributed by atoms with E-state index in [1.165, 1.54) is 18.6 Å². The quantitative estimate of drug-likeness (QED) is 0.734. The molecule has 3 N–H and O–H groups in total. The predicted octanol–water partition coefficient (Wildman–Crippen LogP) is 4.60. The van der Waals surface area contributed by atoms with Crippen molar-refractivity contribution < 1.29 is 13.6 Å². The van der Waals surface area contributed by atoms with Gasteiger partial charge in [0, 0.05) is 12.5 Å². The molecule has 0 saturated heterocycles. The van der Waals surface area contributed by atoms with Crippen molar-refractivity contribution in [2.75, 3.05) is 6.54 Å². The summed E-state index contributed by atoms with van der Waals surface area (Å²) < 4.78 is 27.7. The molecule has 1 aliphatic carbocycles. The van der Waals surface area contributed by atoms with Crippen LogP contribution in [0.1, 0.15) is 63.3 Å². The third-order valence-electron chi connectivity index (χ3n) is 5.26. The van der Waals surface area contributed by atoms with Gasteiger partial charge in [0.15, 0.2) is 0 Å². The average Bonchev–Trinajstić information content (AvgIpc) is 2.68. The molecule has 0 aliphatic heterocycles. The summed E-state index contributed by atoms with van der Waals surface area (Å²) in [5.74, 6) is -1.16. The van der Waals surface area contributed by atoms with Gasteiger partial charge in [-0.3, -0.25) is 9.80 Å². The fraction of sp³-hybridized carbons (Fsp3) is 0.435. The van der Waals surface area contributed by atoms with E-state index in [4.69, 9.17) is 5.73 Å². The first-order valence-corrected chi connectivity index (χ1v) is 10.0. The average molecular weight is 404 g/mol. The Morgan fingerprint density at radius 1 is 1.28 bits per heavy atom. The molecule has 29 heavy (non-hydrogen) atoms. The number of hydrogen-bond acceptors (Lipinski definition) is 3. The monoisotopic (exact) mass is 403 g/mol. The van der Waals surface area contributed by atoms with Crippen molar-refractivity contribution in [3.63, 3.8) is 0 Å². The lowest BCUT2D eigenvalue weighted by atomic mass is 9.77. The van der Waals surface area contributed by atoms with E-state index in [0.29, 0.717) is 0 Å². The zero-order valence-corrected chi connectivity index (χ0v) is 17.6. The van der Waals surface area contributed by atoms with E-state index >= 15 is 0 Å². The number of carbonyl (C=O) groups is 1. The van der Waals surface area contributed by atoms with Gasteiger partial charge >= 0.3 is 0 Å². The summed E-state index contributed by atoms with van der Waals surface area (Å²) in [5, 5.41) is 1.58. The Hall–Kier alpha value is -2.31. The molecule has 6 heteroatoms. The molecular weight excluding hydrogens is 372 g/mol. The number of benzene rings is 2. The molecule has 3 rings (SSSR count). The summed E-state index contributed by atoms with van der Waals surface area (Å²) in [6, 6.07) is 10.9. The van der Waals surface area contributed by atoms with Crippen LogP contribution >= 0.6 is 0 Å². The van der Waals surface area contributed by atoms with Gasteiger partial charge in [-0.15, -0.1) is 0 Å². The first-order valence-electron chi connectivity index (χ1n) is 10.0. The molecular formula is C23H31F2N3O. The van der Waals surface area contributed by atoms with Crippen molar-refractivity contribution in [2.24, 2.45) is 5.73 Å². The van der Waals surface area contributed by atoms with Crippen LogP contribution < -0.4 is 11.2 Å². The van der Waals surface area contributed by atoms with Crippen LogP contribution in [0.15, 0.2) is 42.5 Å². The van der Waals surface area contributed by atoms with Gasteiger partial charge in [0.25, 0.3) is 0 Å². The lowest BCUT2D eigenvalue weighted by Crippen LogP contribution is -2.56. The number of nitrogens with one attached hydrogen (secondary N) is 1. The number of hydrazine groups is 1. The van der Waals surface area contributed by atoms with Crippen LogP contribution in [0.4, 0.5) is 8.78 Å². The van der Waals surface area contributed by atoms with Gasteiger partial charge in [0.2, 0.25) is 5.91 Å². The molecule has 2 unspecified atom stereocenters. The van der Waals surface area contributed by atoms with Crippen molar-refractivity contribution in [3.05, 3.63) is 70.8 Å². The maximum Gasteiger partial charge on any atom is 0.234 e. The van der Waals surface area contributed by atoms with Crippen molar-refractivity contribution in [2.45, 2.75) is 58.5 Å². The van der Waals surface area contributed by atoms with Crippen LogP contribution in [0.2, 0.25) is 0 Å². The SMILES string of the molecule is CC(=O)N(NC(C)c1cc(F)ccc1F)C1(C)CCCc2ccccc21.CCN. The van der Waals surface area contributed by atoms with Crippen molar-refractivity contribution in [1.82, 2.24) is 10.4 Å². The van der Waals surface area contributed by atoms with Crippen LogP contribution in [0.5, 0.6) is 0 Å². The zero-order valence-electron chi connectivity index (χ0n) is 17.6. The van der Waals surface area contributed by atoms with E-state index in [1.54, 1.807) is 11.9 Å². The Kier molecular flexibility index (Phi) is 7.88. The highest BCUT2D eigenvalue weighted by Crippen LogP contribution is 2.39. The number of nitrogens with two attached hydrogens (primary N) is 1. The first-order chi connectivity index (χ1) is 13.7. The van der Waals surface area contributed by atoms with Crippen LogP contribution in [-0.2, 0) is 16.8 Å². The second-order valence-corrected chi connectivity index (χ2v) is 7.56. The molecule has 0 aromatic heterocycles.